The van der Waals surface area contributed by atoms with Crippen LogP contribution in [0.15, 0.2) is 0 Å². The van der Waals surface area contributed by atoms with E-state index in [9.17, 15) is 0 Å². The molecular formula is C5H15N2O+. The second kappa shape index (κ2) is 2.44. The van der Waals surface area contributed by atoms with E-state index in [1.165, 1.54) is 0 Å². The fourth-order valence-electron chi connectivity index (χ4n) is 0.681. The molecule has 0 aliphatic carbocycles. The summed E-state index contributed by atoms with van der Waals surface area (Å²) in [7, 11) is 3.68. The van der Waals surface area contributed by atoms with Crippen molar-refractivity contribution < 1.29 is 9.70 Å². The van der Waals surface area contributed by atoms with Crippen LogP contribution < -0.4 is 5.84 Å². The summed E-state index contributed by atoms with van der Waals surface area (Å²) in [5, 5.41) is 8.79. The zero-order valence-corrected chi connectivity index (χ0v) is 5.76. The summed E-state index contributed by atoms with van der Waals surface area (Å²) in [6, 6.07) is 0. The van der Waals surface area contributed by atoms with Crippen LogP contribution in [0, 0.1) is 0 Å². The fourth-order valence-corrected chi connectivity index (χ4v) is 0.681. The van der Waals surface area contributed by atoms with Crippen LogP contribution in [0.3, 0.4) is 0 Å². The Morgan fingerprint density at radius 3 is 2.00 bits per heavy atom. The number of quaternary nitrogens is 1. The molecule has 8 heavy (non-hydrogen) atoms. The van der Waals surface area contributed by atoms with Crippen LogP contribution in [0.5, 0.6) is 0 Å². The number of likely N-dealkylation sites (N-methyl/N-ethyl adjacent to an activating group) is 1. The van der Waals surface area contributed by atoms with Gasteiger partial charge in [0.1, 0.15) is 12.6 Å². The van der Waals surface area contributed by atoms with Gasteiger partial charge in [-0.3, -0.25) is 4.59 Å². The summed E-state index contributed by atoms with van der Waals surface area (Å²) < 4.78 is 0.331. The largest absolute Gasteiger partial charge is 0.387 e. The van der Waals surface area contributed by atoms with Crippen molar-refractivity contribution in [2.75, 3.05) is 20.6 Å². The van der Waals surface area contributed by atoms with Gasteiger partial charge in [-0.1, -0.05) is 0 Å². The van der Waals surface area contributed by atoms with E-state index in [-0.39, 0.29) is 6.10 Å². The van der Waals surface area contributed by atoms with Gasteiger partial charge in [0.25, 0.3) is 0 Å². The van der Waals surface area contributed by atoms with Gasteiger partial charge < -0.3 is 5.11 Å². The van der Waals surface area contributed by atoms with Crippen molar-refractivity contribution in [1.82, 2.24) is 0 Å². The topological polar surface area (TPSA) is 46.2 Å². The predicted molar refractivity (Wildman–Crippen MR) is 32.8 cm³/mol. The Hall–Kier alpha value is -0.120. The molecule has 0 aromatic carbocycles. The molecule has 0 radical (unpaired) electrons. The molecular weight excluding hydrogens is 104 g/mol. The normalized spacial score (nSPS) is 16.1. The van der Waals surface area contributed by atoms with E-state index in [0.717, 1.165) is 0 Å². The van der Waals surface area contributed by atoms with E-state index in [1.807, 2.05) is 14.1 Å². The minimum Gasteiger partial charge on any atom is -0.387 e. The SMILES string of the molecule is CC(O)C[N+](C)(C)N. The zero-order chi connectivity index (χ0) is 6.78. The molecule has 3 nitrogen and oxygen atoms in total. The predicted octanol–water partition coefficient (Wildman–Crippen LogP) is -0.683. The number of aliphatic hydroxyl groups is 1. The van der Waals surface area contributed by atoms with Crippen LogP contribution in [0.1, 0.15) is 6.92 Å². The van der Waals surface area contributed by atoms with Crippen molar-refractivity contribution in [3.8, 4) is 0 Å². The van der Waals surface area contributed by atoms with Gasteiger partial charge in [-0.05, 0) is 6.92 Å². The summed E-state index contributed by atoms with van der Waals surface area (Å²) in [5.74, 6) is 5.51. The van der Waals surface area contributed by atoms with Crippen molar-refractivity contribution in [3.63, 3.8) is 0 Å². The van der Waals surface area contributed by atoms with Gasteiger partial charge in [0.15, 0.2) is 0 Å². The molecule has 0 spiro atoms. The molecule has 1 unspecified atom stereocenters. The lowest BCUT2D eigenvalue weighted by Crippen LogP contribution is -2.50. The third-order valence-electron chi connectivity index (χ3n) is 0.735. The molecule has 50 valence electrons. The molecule has 0 aromatic heterocycles. The lowest BCUT2D eigenvalue weighted by molar-refractivity contribution is -0.905. The molecule has 0 bridgehead atoms. The Morgan fingerprint density at radius 1 is 1.62 bits per heavy atom. The number of hydrogen-bond acceptors (Lipinski definition) is 2. The van der Waals surface area contributed by atoms with E-state index in [2.05, 4.69) is 0 Å². The number of aliphatic hydroxyl groups excluding tert-OH is 1. The Morgan fingerprint density at radius 2 is 2.00 bits per heavy atom. The zero-order valence-electron chi connectivity index (χ0n) is 5.76. The third-order valence-corrected chi connectivity index (χ3v) is 0.735. The van der Waals surface area contributed by atoms with E-state index in [1.54, 1.807) is 6.92 Å². The van der Waals surface area contributed by atoms with Crippen LogP contribution in [0.25, 0.3) is 0 Å². The Kier molecular flexibility index (Phi) is 2.40. The lowest BCUT2D eigenvalue weighted by Gasteiger charge is -2.23. The highest BCUT2D eigenvalue weighted by atomic mass is 16.3. The molecule has 0 saturated heterocycles. The van der Waals surface area contributed by atoms with Crippen LogP contribution in [0.2, 0.25) is 0 Å². The first-order chi connectivity index (χ1) is 3.42. The van der Waals surface area contributed by atoms with Crippen LogP contribution in [-0.2, 0) is 0 Å². The molecule has 0 aliphatic rings. The maximum Gasteiger partial charge on any atom is 0.122 e. The molecule has 0 aliphatic heterocycles. The third kappa shape index (κ3) is 5.88. The average Bonchev–Trinajstić information content (AvgIpc) is 1.21. The summed E-state index contributed by atoms with van der Waals surface area (Å²) in [6.45, 7) is 2.33. The highest BCUT2D eigenvalue weighted by Crippen LogP contribution is 1.88. The summed E-state index contributed by atoms with van der Waals surface area (Å²) in [5.41, 5.74) is 0. The quantitative estimate of drug-likeness (QED) is 0.287. The van der Waals surface area contributed by atoms with Gasteiger partial charge >= 0.3 is 0 Å². The summed E-state index contributed by atoms with van der Waals surface area (Å²) >= 11 is 0. The summed E-state index contributed by atoms with van der Waals surface area (Å²) in [6.07, 6.45) is -0.310. The number of nitrogens with two attached hydrogens (primary N) is 1. The molecule has 3 N–H and O–H groups in total. The summed E-state index contributed by atoms with van der Waals surface area (Å²) in [4.78, 5) is 0. The van der Waals surface area contributed by atoms with Crippen molar-refractivity contribution >= 4 is 0 Å². The fraction of sp³-hybridized carbons (Fsp3) is 1.00. The van der Waals surface area contributed by atoms with E-state index < -0.39 is 0 Å². The van der Waals surface area contributed by atoms with Crippen LogP contribution in [-0.4, -0.2) is 36.4 Å². The van der Waals surface area contributed by atoms with Gasteiger partial charge in [-0.15, -0.1) is 0 Å². The lowest BCUT2D eigenvalue weighted by atomic mass is 10.4. The Labute approximate surface area is 50.3 Å². The van der Waals surface area contributed by atoms with Gasteiger partial charge in [0.2, 0.25) is 0 Å². The van der Waals surface area contributed by atoms with Gasteiger partial charge in [-0.25, -0.2) is 0 Å². The van der Waals surface area contributed by atoms with Crippen molar-refractivity contribution in [3.05, 3.63) is 0 Å². The van der Waals surface area contributed by atoms with E-state index >= 15 is 0 Å². The number of hydrogen-bond donors (Lipinski definition) is 2. The molecule has 0 fully saturated rings. The highest BCUT2D eigenvalue weighted by Gasteiger charge is 2.10. The Balaban J connectivity index is 3.39. The second-order valence-electron chi connectivity index (χ2n) is 2.81. The molecule has 0 heterocycles. The van der Waals surface area contributed by atoms with Gasteiger partial charge in [-0.2, -0.15) is 5.84 Å². The monoisotopic (exact) mass is 119 g/mol. The van der Waals surface area contributed by atoms with Crippen molar-refractivity contribution in [2.24, 2.45) is 5.84 Å². The average molecular weight is 119 g/mol. The van der Waals surface area contributed by atoms with Crippen LogP contribution in [0.4, 0.5) is 0 Å². The highest BCUT2D eigenvalue weighted by molar-refractivity contribution is 4.38. The van der Waals surface area contributed by atoms with E-state index in [0.29, 0.717) is 11.1 Å². The standard InChI is InChI=1S/C5H15N2O/c1-5(8)4-7(2,3)6/h5,8H,4,6H2,1-3H3/q+1. The molecule has 0 aromatic rings. The molecule has 3 heteroatoms. The van der Waals surface area contributed by atoms with Crippen molar-refractivity contribution in [1.29, 1.82) is 0 Å². The maximum atomic E-state index is 8.79. The van der Waals surface area contributed by atoms with Gasteiger partial charge in [0.05, 0.1) is 14.1 Å². The van der Waals surface area contributed by atoms with Gasteiger partial charge in [0, 0.05) is 0 Å². The molecule has 1 atom stereocenters. The van der Waals surface area contributed by atoms with E-state index in [4.69, 9.17) is 10.9 Å². The first-order valence-corrected chi connectivity index (χ1v) is 2.71. The van der Waals surface area contributed by atoms with Crippen molar-refractivity contribution in [2.45, 2.75) is 13.0 Å². The number of nitrogens with zero attached hydrogens (tertiary/aromatic N) is 1. The minimum atomic E-state index is -0.310. The number of rotatable bonds is 2. The molecule has 0 saturated carbocycles. The maximum absolute atomic E-state index is 8.79. The molecule has 0 rings (SSSR count). The molecule has 0 amide bonds. The smallest absolute Gasteiger partial charge is 0.122 e. The first kappa shape index (κ1) is 7.88. The Bertz CT molecular complexity index is 65.3. The first-order valence-electron chi connectivity index (χ1n) is 2.71. The minimum absolute atomic E-state index is 0.310. The van der Waals surface area contributed by atoms with Crippen LogP contribution >= 0.6 is 0 Å². The second-order valence-corrected chi connectivity index (χ2v) is 2.81.